The van der Waals surface area contributed by atoms with E-state index in [9.17, 15) is 9.59 Å². The molecule has 0 radical (unpaired) electrons. The van der Waals surface area contributed by atoms with Gasteiger partial charge < -0.3 is 15.0 Å². The van der Waals surface area contributed by atoms with Crippen molar-refractivity contribution in [3.8, 4) is 0 Å². The van der Waals surface area contributed by atoms with Crippen LogP contribution >= 0.6 is 11.3 Å². The Kier molecular flexibility index (Phi) is 4.26. The quantitative estimate of drug-likeness (QED) is 0.923. The molecule has 3 heterocycles. The molecule has 2 saturated heterocycles. The summed E-state index contributed by atoms with van der Waals surface area (Å²) in [5.74, 6) is 0.0264. The molecule has 0 aliphatic carbocycles. The first-order chi connectivity index (χ1) is 10.2. The molecular weight excluding hydrogens is 288 g/mol. The summed E-state index contributed by atoms with van der Waals surface area (Å²) < 4.78 is 5.42. The van der Waals surface area contributed by atoms with Crippen molar-refractivity contribution in [2.24, 2.45) is 0 Å². The van der Waals surface area contributed by atoms with Crippen LogP contribution in [0.15, 0.2) is 16.8 Å². The Hall–Kier alpha value is -1.40. The van der Waals surface area contributed by atoms with E-state index in [2.05, 4.69) is 23.7 Å². The van der Waals surface area contributed by atoms with E-state index < -0.39 is 0 Å². The number of likely N-dealkylation sites (tertiary alicyclic amines) is 1. The number of ketones is 1. The largest absolute Gasteiger partial charge is 0.368 e. The van der Waals surface area contributed by atoms with Gasteiger partial charge in [0.1, 0.15) is 12.6 Å². The van der Waals surface area contributed by atoms with E-state index in [-0.39, 0.29) is 36.6 Å². The average molecular weight is 308 g/mol. The number of carbonyl (C=O) groups excluding carboxylic acids is 2. The van der Waals surface area contributed by atoms with Crippen LogP contribution in [0.3, 0.4) is 0 Å². The Morgan fingerprint density at radius 3 is 3.19 bits per heavy atom. The predicted molar refractivity (Wildman–Crippen MR) is 80.5 cm³/mol. The van der Waals surface area contributed by atoms with Crippen LogP contribution in [0.5, 0.6) is 0 Å². The van der Waals surface area contributed by atoms with Crippen LogP contribution < -0.4 is 5.32 Å². The maximum Gasteiger partial charge on any atom is 0.318 e. The molecule has 2 amide bonds. The maximum atomic E-state index is 12.4. The second-order valence-electron chi connectivity index (χ2n) is 5.63. The molecule has 3 rings (SSSR count). The minimum atomic E-state index is -0.372. The number of Topliss-reactive ketones (excluding diaryl/α,β-unsaturated/α-hetero) is 1. The SMILES string of the molecule is CCC(Cc1ccsc1)NC(=O)N1CC[C@H]2OCC(=O)[C@H]21. The molecular formula is C15H20N2O3S. The first kappa shape index (κ1) is 14.5. The van der Waals surface area contributed by atoms with Crippen LogP contribution in [0.2, 0.25) is 0 Å². The van der Waals surface area contributed by atoms with E-state index in [4.69, 9.17) is 4.74 Å². The molecule has 5 nitrogen and oxygen atoms in total. The van der Waals surface area contributed by atoms with E-state index in [0.717, 1.165) is 19.3 Å². The zero-order valence-corrected chi connectivity index (χ0v) is 12.9. The molecule has 0 bridgehead atoms. The van der Waals surface area contributed by atoms with Crippen molar-refractivity contribution < 1.29 is 14.3 Å². The lowest BCUT2D eigenvalue weighted by Gasteiger charge is -2.25. The zero-order chi connectivity index (χ0) is 14.8. The van der Waals surface area contributed by atoms with Crippen LogP contribution in [0.4, 0.5) is 4.79 Å². The Balaban J connectivity index is 1.61. The minimum absolute atomic E-state index is 0.0264. The van der Waals surface area contributed by atoms with E-state index in [1.807, 2.05) is 5.38 Å². The number of carbonyl (C=O) groups is 2. The fourth-order valence-corrected chi connectivity index (χ4v) is 3.75. The van der Waals surface area contributed by atoms with Gasteiger partial charge in [0.25, 0.3) is 0 Å². The second kappa shape index (κ2) is 6.15. The first-order valence-corrected chi connectivity index (χ1v) is 8.36. The van der Waals surface area contributed by atoms with Gasteiger partial charge in [-0.1, -0.05) is 6.92 Å². The molecule has 0 spiro atoms. The van der Waals surface area contributed by atoms with Gasteiger partial charge >= 0.3 is 6.03 Å². The van der Waals surface area contributed by atoms with Crippen molar-refractivity contribution in [3.05, 3.63) is 22.4 Å². The molecule has 1 aromatic rings. The molecule has 21 heavy (non-hydrogen) atoms. The van der Waals surface area contributed by atoms with E-state index in [1.54, 1.807) is 16.2 Å². The van der Waals surface area contributed by atoms with Gasteiger partial charge in [-0.2, -0.15) is 11.3 Å². The fourth-order valence-electron chi connectivity index (χ4n) is 3.07. The van der Waals surface area contributed by atoms with Crippen molar-refractivity contribution in [1.29, 1.82) is 0 Å². The summed E-state index contributed by atoms with van der Waals surface area (Å²) in [6.07, 6.45) is 2.36. The Labute approximate surface area is 128 Å². The smallest absolute Gasteiger partial charge is 0.318 e. The maximum absolute atomic E-state index is 12.4. The van der Waals surface area contributed by atoms with Crippen LogP contribution in [-0.4, -0.2) is 48.1 Å². The van der Waals surface area contributed by atoms with Gasteiger partial charge in [-0.25, -0.2) is 4.79 Å². The number of urea groups is 1. The summed E-state index contributed by atoms with van der Waals surface area (Å²) in [6, 6.07) is 1.68. The third kappa shape index (κ3) is 2.96. The fraction of sp³-hybridized carbons (Fsp3) is 0.600. The second-order valence-corrected chi connectivity index (χ2v) is 6.41. The summed E-state index contributed by atoms with van der Waals surface area (Å²) in [7, 11) is 0. The first-order valence-electron chi connectivity index (χ1n) is 7.41. The summed E-state index contributed by atoms with van der Waals surface area (Å²) >= 11 is 1.66. The lowest BCUT2D eigenvalue weighted by atomic mass is 10.1. The molecule has 0 saturated carbocycles. The number of nitrogens with zero attached hydrogens (tertiary/aromatic N) is 1. The number of thiophene rings is 1. The molecule has 2 aliphatic rings. The highest BCUT2D eigenvalue weighted by Gasteiger charge is 2.46. The van der Waals surface area contributed by atoms with Gasteiger partial charge in [-0.3, -0.25) is 4.79 Å². The highest BCUT2D eigenvalue weighted by atomic mass is 32.1. The summed E-state index contributed by atoms with van der Waals surface area (Å²) in [4.78, 5) is 25.9. The zero-order valence-electron chi connectivity index (χ0n) is 12.1. The third-order valence-corrected chi connectivity index (χ3v) is 4.99. The van der Waals surface area contributed by atoms with Crippen molar-refractivity contribution in [3.63, 3.8) is 0 Å². The Morgan fingerprint density at radius 2 is 2.48 bits per heavy atom. The number of nitrogens with one attached hydrogen (secondary N) is 1. The number of hydrogen-bond acceptors (Lipinski definition) is 4. The van der Waals surface area contributed by atoms with Gasteiger partial charge in [0, 0.05) is 12.6 Å². The summed E-state index contributed by atoms with van der Waals surface area (Å²) in [5.41, 5.74) is 1.24. The predicted octanol–water partition coefficient (Wildman–Crippen LogP) is 1.82. The monoisotopic (exact) mass is 308 g/mol. The van der Waals surface area contributed by atoms with E-state index in [1.165, 1.54) is 5.56 Å². The van der Waals surface area contributed by atoms with Crippen molar-refractivity contribution in [2.45, 2.75) is 44.4 Å². The molecule has 2 aliphatic heterocycles. The topological polar surface area (TPSA) is 58.6 Å². The van der Waals surface area contributed by atoms with Crippen LogP contribution in [0.1, 0.15) is 25.3 Å². The van der Waals surface area contributed by atoms with E-state index in [0.29, 0.717) is 6.54 Å². The Morgan fingerprint density at radius 1 is 1.62 bits per heavy atom. The van der Waals surface area contributed by atoms with Crippen molar-refractivity contribution >= 4 is 23.2 Å². The highest BCUT2D eigenvalue weighted by molar-refractivity contribution is 7.07. The van der Waals surface area contributed by atoms with E-state index >= 15 is 0 Å². The van der Waals surface area contributed by atoms with Crippen molar-refractivity contribution in [2.75, 3.05) is 13.2 Å². The van der Waals surface area contributed by atoms with Crippen LogP contribution in [0.25, 0.3) is 0 Å². The lowest BCUT2D eigenvalue weighted by Crippen LogP contribution is -2.50. The summed E-state index contributed by atoms with van der Waals surface area (Å²) in [5, 5.41) is 7.22. The average Bonchev–Trinajstić information content (AvgIpc) is 3.17. The molecule has 1 aromatic heterocycles. The highest BCUT2D eigenvalue weighted by Crippen LogP contribution is 2.27. The number of hydrogen-bond donors (Lipinski definition) is 1. The molecule has 1 unspecified atom stereocenters. The molecule has 6 heteroatoms. The minimum Gasteiger partial charge on any atom is -0.368 e. The standard InChI is InChI=1S/C15H20N2O3S/c1-2-11(7-10-4-6-21-9-10)16-15(19)17-5-3-13-14(17)12(18)8-20-13/h4,6,9,11,13-14H,2-3,5,7-8H2,1H3,(H,16,19)/t11?,13-,14-/m1/s1. The van der Waals surface area contributed by atoms with Gasteiger partial charge in [0.05, 0.1) is 6.10 Å². The van der Waals surface area contributed by atoms with Gasteiger partial charge in [0.15, 0.2) is 5.78 Å². The van der Waals surface area contributed by atoms with Crippen LogP contribution in [0, 0.1) is 0 Å². The Bertz CT molecular complexity index is 517. The van der Waals surface area contributed by atoms with Gasteiger partial charge in [-0.15, -0.1) is 0 Å². The number of rotatable bonds is 4. The molecule has 1 N–H and O–H groups in total. The number of amides is 2. The molecule has 2 fully saturated rings. The third-order valence-electron chi connectivity index (χ3n) is 4.26. The summed E-state index contributed by atoms with van der Waals surface area (Å²) in [6.45, 7) is 2.81. The number of ether oxygens (including phenoxy) is 1. The van der Waals surface area contributed by atoms with Gasteiger partial charge in [0.2, 0.25) is 0 Å². The van der Waals surface area contributed by atoms with Crippen LogP contribution in [-0.2, 0) is 16.0 Å². The number of fused-ring (bicyclic) bond motifs is 1. The molecule has 114 valence electrons. The lowest BCUT2D eigenvalue weighted by molar-refractivity contribution is -0.120. The molecule has 3 atom stereocenters. The molecule has 0 aromatic carbocycles. The normalized spacial score (nSPS) is 26.0. The van der Waals surface area contributed by atoms with Crippen molar-refractivity contribution in [1.82, 2.24) is 10.2 Å². The van der Waals surface area contributed by atoms with Gasteiger partial charge in [-0.05, 0) is 41.7 Å².